The van der Waals surface area contributed by atoms with Crippen LogP contribution < -0.4 is 15.4 Å². The molecule has 0 saturated heterocycles. The molecule has 2 aromatic rings. The number of para-hydroxylation sites is 1. The molecule has 3 rings (SSSR count). The summed E-state index contributed by atoms with van der Waals surface area (Å²) in [5.74, 6) is 0.832. The van der Waals surface area contributed by atoms with Crippen molar-refractivity contribution >= 4 is 17.5 Å². The fourth-order valence-electron chi connectivity index (χ4n) is 4.66. The van der Waals surface area contributed by atoms with Crippen LogP contribution in [0.5, 0.6) is 5.75 Å². The highest BCUT2D eigenvalue weighted by molar-refractivity contribution is 6.04. The smallest absolute Gasteiger partial charge is 0.252 e. The minimum Gasteiger partial charge on any atom is -0.497 e. The van der Waals surface area contributed by atoms with Gasteiger partial charge in [0, 0.05) is 11.3 Å². The molecule has 172 valence electrons. The molecule has 0 bridgehead atoms. The SMILES string of the molecule is COc1ccc(C(=O)NC2(C(=O)Nc3c(C)cccc3C)CCC(C(C)(C)C)CC2)cc1. The lowest BCUT2D eigenvalue weighted by molar-refractivity contribution is -0.124. The summed E-state index contributed by atoms with van der Waals surface area (Å²) >= 11 is 0. The number of rotatable bonds is 5. The van der Waals surface area contributed by atoms with Gasteiger partial charge in [0.1, 0.15) is 11.3 Å². The van der Waals surface area contributed by atoms with Gasteiger partial charge < -0.3 is 15.4 Å². The number of carbonyl (C=O) groups excluding carboxylic acids is 2. The van der Waals surface area contributed by atoms with E-state index in [1.54, 1.807) is 31.4 Å². The van der Waals surface area contributed by atoms with Gasteiger partial charge in [-0.1, -0.05) is 39.0 Å². The van der Waals surface area contributed by atoms with Crippen molar-refractivity contribution in [1.82, 2.24) is 5.32 Å². The topological polar surface area (TPSA) is 67.4 Å². The van der Waals surface area contributed by atoms with E-state index in [9.17, 15) is 9.59 Å². The Labute approximate surface area is 191 Å². The van der Waals surface area contributed by atoms with Crippen LogP contribution in [0.1, 0.15) is 67.9 Å². The number of amides is 2. The first kappa shape index (κ1) is 23.8. The molecular weight excluding hydrogens is 400 g/mol. The van der Waals surface area contributed by atoms with Gasteiger partial charge in [0.15, 0.2) is 0 Å². The molecule has 0 atom stereocenters. The Kier molecular flexibility index (Phi) is 6.97. The normalized spacial score (nSPS) is 21.0. The molecule has 1 saturated carbocycles. The molecule has 5 nitrogen and oxygen atoms in total. The van der Waals surface area contributed by atoms with Crippen molar-refractivity contribution in [3.05, 3.63) is 59.2 Å². The number of carbonyl (C=O) groups is 2. The van der Waals surface area contributed by atoms with Gasteiger partial charge in [-0.15, -0.1) is 0 Å². The third-order valence-corrected chi connectivity index (χ3v) is 6.92. The van der Waals surface area contributed by atoms with E-state index in [1.165, 1.54) is 0 Å². The molecule has 2 aromatic carbocycles. The van der Waals surface area contributed by atoms with Crippen molar-refractivity contribution in [3.8, 4) is 5.75 Å². The summed E-state index contributed by atoms with van der Waals surface area (Å²) in [5.41, 5.74) is 2.61. The Hall–Kier alpha value is -2.82. The van der Waals surface area contributed by atoms with E-state index in [-0.39, 0.29) is 17.2 Å². The molecule has 0 aromatic heterocycles. The first-order valence-electron chi connectivity index (χ1n) is 11.4. The minimum absolute atomic E-state index is 0.135. The second-order valence-electron chi connectivity index (χ2n) is 10.1. The van der Waals surface area contributed by atoms with Gasteiger partial charge in [-0.25, -0.2) is 0 Å². The number of hydrogen-bond donors (Lipinski definition) is 2. The largest absolute Gasteiger partial charge is 0.497 e. The lowest BCUT2D eigenvalue weighted by Gasteiger charge is -2.43. The average Bonchev–Trinajstić information content (AvgIpc) is 2.76. The van der Waals surface area contributed by atoms with Gasteiger partial charge >= 0.3 is 0 Å². The number of nitrogens with one attached hydrogen (secondary N) is 2. The zero-order valence-corrected chi connectivity index (χ0v) is 20.2. The van der Waals surface area contributed by atoms with Crippen LogP contribution in [-0.2, 0) is 4.79 Å². The molecule has 32 heavy (non-hydrogen) atoms. The van der Waals surface area contributed by atoms with E-state index in [2.05, 4.69) is 31.4 Å². The molecular formula is C27H36N2O3. The van der Waals surface area contributed by atoms with Gasteiger partial charge in [0.25, 0.3) is 5.91 Å². The minimum atomic E-state index is -0.937. The van der Waals surface area contributed by atoms with Crippen LogP contribution in [-0.4, -0.2) is 24.5 Å². The quantitative estimate of drug-likeness (QED) is 0.636. The maximum absolute atomic E-state index is 13.7. The maximum atomic E-state index is 13.7. The Morgan fingerprint density at radius 1 is 0.969 bits per heavy atom. The standard InChI is InChI=1S/C27H36N2O3/c1-18-8-7-9-19(2)23(18)28-25(31)27(16-14-21(15-17-27)26(3,4)5)29-24(30)20-10-12-22(32-6)13-11-20/h7-13,21H,14-17H2,1-6H3,(H,28,31)(H,29,30). The van der Waals surface area contributed by atoms with E-state index >= 15 is 0 Å². The summed E-state index contributed by atoms with van der Waals surface area (Å²) in [6, 6.07) is 12.9. The molecule has 0 unspecified atom stereocenters. The van der Waals surface area contributed by atoms with Gasteiger partial charge in [0.05, 0.1) is 7.11 Å². The lowest BCUT2D eigenvalue weighted by Crippen LogP contribution is -2.59. The van der Waals surface area contributed by atoms with Crippen LogP contribution in [0.15, 0.2) is 42.5 Å². The summed E-state index contributed by atoms with van der Waals surface area (Å²) in [6.07, 6.45) is 3.03. The Morgan fingerprint density at radius 3 is 2.03 bits per heavy atom. The van der Waals surface area contributed by atoms with Gasteiger partial charge in [-0.2, -0.15) is 0 Å². The van der Waals surface area contributed by atoms with Crippen LogP contribution in [0, 0.1) is 25.2 Å². The van der Waals surface area contributed by atoms with Crippen LogP contribution in [0.4, 0.5) is 5.69 Å². The van der Waals surface area contributed by atoms with E-state index in [1.807, 2.05) is 32.0 Å². The van der Waals surface area contributed by atoms with Crippen LogP contribution in [0.25, 0.3) is 0 Å². The van der Waals surface area contributed by atoms with E-state index in [4.69, 9.17) is 4.74 Å². The summed E-state index contributed by atoms with van der Waals surface area (Å²) in [6.45, 7) is 10.7. The highest BCUT2D eigenvalue weighted by Crippen LogP contribution is 2.42. The zero-order valence-electron chi connectivity index (χ0n) is 20.2. The zero-order chi connectivity index (χ0) is 23.5. The van der Waals surface area contributed by atoms with Crippen molar-refractivity contribution in [2.45, 2.75) is 65.8 Å². The summed E-state index contributed by atoms with van der Waals surface area (Å²) < 4.78 is 5.19. The van der Waals surface area contributed by atoms with Crippen molar-refractivity contribution in [2.75, 3.05) is 12.4 Å². The van der Waals surface area contributed by atoms with E-state index in [0.717, 1.165) is 29.7 Å². The summed E-state index contributed by atoms with van der Waals surface area (Å²) in [4.78, 5) is 26.8. The highest BCUT2D eigenvalue weighted by Gasteiger charge is 2.45. The first-order valence-corrected chi connectivity index (χ1v) is 11.4. The molecule has 0 aliphatic heterocycles. The number of anilines is 1. The third kappa shape index (κ3) is 5.14. The molecule has 2 N–H and O–H groups in total. The Morgan fingerprint density at radius 2 is 1.53 bits per heavy atom. The number of benzene rings is 2. The van der Waals surface area contributed by atoms with Crippen molar-refractivity contribution in [3.63, 3.8) is 0 Å². The number of ether oxygens (including phenoxy) is 1. The molecule has 1 fully saturated rings. The number of hydrogen-bond acceptors (Lipinski definition) is 3. The maximum Gasteiger partial charge on any atom is 0.252 e. The molecule has 0 radical (unpaired) electrons. The molecule has 0 spiro atoms. The second-order valence-corrected chi connectivity index (χ2v) is 10.1. The average molecular weight is 437 g/mol. The van der Waals surface area contributed by atoms with E-state index < -0.39 is 5.54 Å². The van der Waals surface area contributed by atoms with Crippen molar-refractivity contribution in [2.24, 2.45) is 11.3 Å². The second kappa shape index (κ2) is 9.35. The third-order valence-electron chi connectivity index (χ3n) is 6.92. The Bertz CT molecular complexity index is 945. The Balaban J connectivity index is 1.87. The molecule has 1 aliphatic carbocycles. The fraction of sp³-hybridized carbons (Fsp3) is 0.481. The van der Waals surface area contributed by atoms with Gasteiger partial charge in [0.2, 0.25) is 5.91 Å². The van der Waals surface area contributed by atoms with Crippen molar-refractivity contribution in [1.29, 1.82) is 0 Å². The highest BCUT2D eigenvalue weighted by atomic mass is 16.5. The fourth-order valence-corrected chi connectivity index (χ4v) is 4.66. The monoisotopic (exact) mass is 436 g/mol. The van der Waals surface area contributed by atoms with Gasteiger partial charge in [-0.3, -0.25) is 9.59 Å². The van der Waals surface area contributed by atoms with Crippen LogP contribution in [0.3, 0.4) is 0 Å². The predicted octanol–water partition coefficient (Wildman–Crippen LogP) is 5.66. The molecule has 0 heterocycles. The summed E-state index contributed by atoms with van der Waals surface area (Å²) in [7, 11) is 1.59. The van der Waals surface area contributed by atoms with Gasteiger partial charge in [-0.05, 0) is 86.3 Å². The van der Waals surface area contributed by atoms with Crippen LogP contribution in [0.2, 0.25) is 0 Å². The number of aryl methyl sites for hydroxylation is 2. The molecule has 2 amide bonds. The molecule has 1 aliphatic rings. The van der Waals surface area contributed by atoms with E-state index in [0.29, 0.717) is 30.1 Å². The predicted molar refractivity (Wildman–Crippen MR) is 129 cm³/mol. The van der Waals surface area contributed by atoms with Crippen molar-refractivity contribution < 1.29 is 14.3 Å². The summed E-state index contributed by atoms with van der Waals surface area (Å²) in [5, 5.41) is 6.27. The lowest BCUT2D eigenvalue weighted by atomic mass is 9.67. The van der Waals surface area contributed by atoms with Crippen LogP contribution >= 0.6 is 0 Å². The number of methoxy groups -OCH3 is 1. The first-order chi connectivity index (χ1) is 15.1. The molecule has 5 heteroatoms.